The number of benzene rings is 2. The molecule has 0 radical (unpaired) electrons. The summed E-state index contributed by atoms with van der Waals surface area (Å²) in [5, 5.41) is 6.04. The number of hydrogen-bond donors (Lipinski definition) is 2. The van der Waals surface area contributed by atoms with Gasteiger partial charge in [0.15, 0.2) is 0 Å². The summed E-state index contributed by atoms with van der Waals surface area (Å²) in [5.74, 6) is -0.152. The molecule has 1 fully saturated rings. The molecule has 0 bridgehead atoms. The molecule has 1 aliphatic heterocycles. The molecule has 3 atom stereocenters. The second-order valence-electron chi connectivity index (χ2n) is 6.55. The van der Waals surface area contributed by atoms with Crippen molar-refractivity contribution in [2.24, 2.45) is 0 Å². The Morgan fingerprint density at radius 1 is 1.15 bits per heavy atom. The molecule has 0 saturated carbocycles. The van der Waals surface area contributed by atoms with E-state index in [2.05, 4.69) is 10.6 Å². The number of amides is 2. The first-order valence-electron chi connectivity index (χ1n) is 8.93. The summed E-state index contributed by atoms with van der Waals surface area (Å²) < 4.78 is 5.69. The lowest BCUT2D eigenvalue weighted by molar-refractivity contribution is -0.135. The Balaban J connectivity index is 1.60. The maximum atomic E-state index is 12.5. The van der Waals surface area contributed by atoms with Gasteiger partial charge in [-0.15, -0.1) is 0 Å². The Morgan fingerprint density at radius 3 is 2.50 bits per heavy atom. The summed E-state index contributed by atoms with van der Waals surface area (Å²) in [6.07, 6.45) is 0.458. The Labute approximate surface area is 153 Å². The molecule has 26 heavy (non-hydrogen) atoms. The lowest BCUT2D eigenvalue weighted by Crippen LogP contribution is -2.52. The van der Waals surface area contributed by atoms with Gasteiger partial charge in [-0.05, 0) is 24.5 Å². The van der Waals surface area contributed by atoms with Crippen LogP contribution in [0.4, 0.5) is 0 Å². The standard InChI is InChI=1S/C21H24N2O3/c1-15(26-14-16-8-4-2-5-9-16)21(25)22-18-12-13-19(24)23-20(18)17-10-6-3-7-11-17/h2-11,15,18,20H,12-14H2,1H3,(H,22,25)(H,23,24)/t15-,18+,20-/m0/s1. The minimum Gasteiger partial charge on any atom is -0.364 e. The molecular weight excluding hydrogens is 328 g/mol. The fourth-order valence-corrected chi connectivity index (χ4v) is 3.10. The average molecular weight is 352 g/mol. The predicted molar refractivity (Wildman–Crippen MR) is 99.2 cm³/mol. The lowest BCUT2D eigenvalue weighted by atomic mass is 9.92. The second-order valence-corrected chi connectivity index (χ2v) is 6.55. The molecule has 5 heteroatoms. The summed E-state index contributed by atoms with van der Waals surface area (Å²) in [7, 11) is 0. The Morgan fingerprint density at radius 2 is 1.81 bits per heavy atom. The van der Waals surface area contributed by atoms with Crippen LogP contribution >= 0.6 is 0 Å². The summed E-state index contributed by atoms with van der Waals surface area (Å²) in [6.45, 7) is 2.14. The second kappa shape index (κ2) is 8.63. The highest BCUT2D eigenvalue weighted by Gasteiger charge is 2.31. The van der Waals surface area contributed by atoms with Gasteiger partial charge < -0.3 is 15.4 Å². The number of ether oxygens (including phenoxy) is 1. The van der Waals surface area contributed by atoms with E-state index in [9.17, 15) is 9.59 Å². The van der Waals surface area contributed by atoms with Gasteiger partial charge >= 0.3 is 0 Å². The molecule has 2 N–H and O–H groups in total. The van der Waals surface area contributed by atoms with Gasteiger partial charge in [0.2, 0.25) is 11.8 Å². The van der Waals surface area contributed by atoms with E-state index in [1.807, 2.05) is 60.7 Å². The quantitative estimate of drug-likeness (QED) is 0.840. The molecule has 2 aromatic rings. The Hall–Kier alpha value is -2.66. The molecule has 136 valence electrons. The molecule has 1 heterocycles. The number of carbonyl (C=O) groups is 2. The maximum absolute atomic E-state index is 12.5. The molecule has 2 amide bonds. The molecular formula is C21H24N2O3. The first kappa shape index (κ1) is 18.1. The van der Waals surface area contributed by atoms with Crippen LogP contribution in [-0.2, 0) is 20.9 Å². The largest absolute Gasteiger partial charge is 0.364 e. The normalized spacial score (nSPS) is 20.9. The van der Waals surface area contributed by atoms with E-state index in [-0.39, 0.29) is 23.9 Å². The van der Waals surface area contributed by atoms with Crippen molar-refractivity contribution < 1.29 is 14.3 Å². The first-order chi connectivity index (χ1) is 12.6. The molecule has 1 aliphatic rings. The molecule has 0 aromatic heterocycles. The zero-order valence-corrected chi connectivity index (χ0v) is 14.9. The smallest absolute Gasteiger partial charge is 0.249 e. The van der Waals surface area contributed by atoms with E-state index in [1.165, 1.54) is 0 Å². The van der Waals surface area contributed by atoms with Crippen molar-refractivity contribution in [3.63, 3.8) is 0 Å². The number of nitrogens with one attached hydrogen (secondary N) is 2. The predicted octanol–water partition coefficient (Wildman–Crippen LogP) is 2.73. The lowest BCUT2D eigenvalue weighted by Gasteiger charge is -2.33. The van der Waals surface area contributed by atoms with Crippen LogP contribution in [-0.4, -0.2) is 24.0 Å². The van der Waals surface area contributed by atoms with Gasteiger partial charge in [-0.3, -0.25) is 9.59 Å². The van der Waals surface area contributed by atoms with Crippen molar-refractivity contribution in [3.05, 3.63) is 71.8 Å². The van der Waals surface area contributed by atoms with Gasteiger partial charge in [0, 0.05) is 6.42 Å². The molecule has 0 aliphatic carbocycles. The van der Waals surface area contributed by atoms with Crippen LogP contribution in [0.15, 0.2) is 60.7 Å². The highest BCUT2D eigenvalue weighted by Crippen LogP contribution is 2.24. The van der Waals surface area contributed by atoms with E-state index < -0.39 is 6.10 Å². The van der Waals surface area contributed by atoms with Crippen LogP contribution in [0.25, 0.3) is 0 Å². The van der Waals surface area contributed by atoms with Crippen LogP contribution in [0, 0.1) is 0 Å². The van der Waals surface area contributed by atoms with Crippen molar-refractivity contribution in [1.82, 2.24) is 10.6 Å². The number of carbonyl (C=O) groups excluding carboxylic acids is 2. The monoisotopic (exact) mass is 352 g/mol. The van der Waals surface area contributed by atoms with Crippen molar-refractivity contribution in [2.75, 3.05) is 0 Å². The van der Waals surface area contributed by atoms with Gasteiger partial charge in [0.05, 0.1) is 18.7 Å². The summed E-state index contributed by atoms with van der Waals surface area (Å²) >= 11 is 0. The number of piperidine rings is 1. The highest BCUT2D eigenvalue weighted by atomic mass is 16.5. The van der Waals surface area contributed by atoms with Gasteiger partial charge in [0.1, 0.15) is 6.10 Å². The minimum atomic E-state index is -0.566. The van der Waals surface area contributed by atoms with E-state index in [0.29, 0.717) is 19.4 Å². The Bertz CT molecular complexity index is 733. The third-order valence-electron chi connectivity index (χ3n) is 4.60. The zero-order valence-electron chi connectivity index (χ0n) is 14.9. The van der Waals surface area contributed by atoms with Crippen molar-refractivity contribution >= 4 is 11.8 Å². The molecule has 0 spiro atoms. The summed E-state index contributed by atoms with van der Waals surface area (Å²) in [5.41, 5.74) is 2.02. The molecule has 5 nitrogen and oxygen atoms in total. The highest BCUT2D eigenvalue weighted by molar-refractivity contribution is 5.82. The fourth-order valence-electron chi connectivity index (χ4n) is 3.10. The van der Waals surface area contributed by atoms with Crippen molar-refractivity contribution in [2.45, 2.75) is 44.6 Å². The van der Waals surface area contributed by atoms with Gasteiger partial charge in [-0.2, -0.15) is 0 Å². The zero-order chi connectivity index (χ0) is 18.4. The minimum absolute atomic E-state index is 0.0118. The van der Waals surface area contributed by atoms with Crippen molar-refractivity contribution in [3.8, 4) is 0 Å². The first-order valence-corrected chi connectivity index (χ1v) is 8.93. The summed E-state index contributed by atoms with van der Waals surface area (Å²) in [6, 6.07) is 19.1. The third-order valence-corrected chi connectivity index (χ3v) is 4.60. The van der Waals surface area contributed by atoms with Crippen LogP contribution in [0.2, 0.25) is 0 Å². The Kier molecular flexibility index (Phi) is 6.02. The molecule has 2 aromatic carbocycles. The number of hydrogen-bond acceptors (Lipinski definition) is 3. The summed E-state index contributed by atoms with van der Waals surface area (Å²) in [4.78, 5) is 24.4. The van der Waals surface area contributed by atoms with Crippen LogP contribution < -0.4 is 10.6 Å². The van der Waals surface area contributed by atoms with Gasteiger partial charge in [-0.25, -0.2) is 0 Å². The fraction of sp³-hybridized carbons (Fsp3) is 0.333. The van der Waals surface area contributed by atoms with E-state index in [0.717, 1.165) is 11.1 Å². The SMILES string of the molecule is C[C@H](OCc1ccccc1)C(=O)N[C@@H]1CCC(=O)N[C@H]1c1ccccc1. The van der Waals surface area contributed by atoms with Crippen LogP contribution in [0.1, 0.15) is 36.9 Å². The molecule has 1 saturated heterocycles. The average Bonchev–Trinajstić information content (AvgIpc) is 2.69. The maximum Gasteiger partial charge on any atom is 0.249 e. The van der Waals surface area contributed by atoms with E-state index in [1.54, 1.807) is 6.92 Å². The van der Waals surface area contributed by atoms with E-state index in [4.69, 9.17) is 4.74 Å². The van der Waals surface area contributed by atoms with Crippen molar-refractivity contribution in [1.29, 1.82) is 0 Å². The van der Waals surface area contributed by atoms with E-state index >= 15 is 0 Å². The van der Waals surface area contributed by atoms with Gasteiger partial charge in [0.25, 0.3) is 0 Å². The molecule has 0 unspecified atom stereocenters. The third kappa shape index (κ3) is 4.70. The van der Waals surface area contributed by atoms with Gasteiger partial charge in [-0.1, -0.05) is 60.7 Å². The topological polar surface area (TPSA) is 67.4 Å². The number of rotatable bonds is 6. The van der Waals surface area contributed by atoms with Crippen LogP contribution in [0.5, 0.6) is 0 Å². The van der Waals surface area contributed by atoms with Crippen LogP contribution in [0.3, 0.4) is 0 Å². The molecule has 3 rings (SSSR count).